The molecule has 6 heteroatoms. The highest BCUT2D eigenvalue weighted by atomic mass is 19.2. The first-order valence-electron chi connectivity index (χ1n) is 7.80. The van der Waals surface area contributed by atoms with E-state index in [0.29, 0.717) is 0 Å². The van der Waals surface area contributed by atoms with Crippen LogP contribution < -0.4 is 10.6 Å². The van der Waals surface area contributed by atoms with Crippen LogP contribution in [0.1, 0.15) is 17.4 Å². The van der Waals surface area contributed by atoms with Crippen LogP contribution in [0.5, 0.6) is 0 Å². The number of carbonyl (C=O) groups excluding carboxylic acids is 1. The van der Waals surface area contributed by atoms with Gasteiger partial charge in [-0.15, -0.1) is 0 Å². The number of furan rings is 1. The average Bonchev–Trinajstić information content (AvgIpc) is 3.14. The van der Waals surface area contributed by atoms with E-state index in [9.17, 15) is 13.6 Å². The Morgan fingerprint density at radius 3 is 2.52 bits per heavy atom. The van der Waals surface area contributed by atoms with Crippen molar-refractivity contribution in [3.8, 4) is 0 Å². The third-order valence-electron chi connectivity index (χ3n) is 3.75. The molecule has 3 aromatic rings. The zero-order valence-corrected chi connectivity index (χ0v) is 13.3. The molecule has 3 rings (SSSR count). The molecule has 0 saturated heterocycles. The molecule has 0 saturated carbocycles. The van der Waals surface area contributed by atoms with Crippen LogP contribution >= 0.6 is 0 Å². The Morgan fingerprint density at radius 2 is 1.84 bits per heavy atom. The van der Waals surface area contributed by atoms with Gasteiger partial charge in [-0.1, -0.05) is 30.3 Å². The maximum Gasteiger partial charge on any atom is 0.279 e. The quantitative estimate of drug-likeness (QED) is 0.723. The Morgan fingerprint density at radius 1 is 1.04 bits per heavy atom. The van der Waals surface area contributed by atoms with Crippen molar-refractivity contribution in [2.75, 3.05) is 11.9 Å². The molecular formula is C19H17F2N2O2+. The van der Waals surface area contributed by atoms with Crippen molar-refractivity contribution in [3.63, 3.8) is 0 Å². The van der Waals surface area contributed by atoms with Crippen LogP contribution in [0.15, 0.2) is 71.3 Å². The second-order valence-electron chi connectivity index (χ2n) is 5.52. The molecule has 1 aromatic heterocycles. The van der Waals surface area contributed by atoms with Gasteiger partial charge in [0, 0.05) is 17.3 Å². The highest BCUT2D eigenvalue weighted by Crippen LogP contribution is 2.18. The van der Waals surface area contributed by atoms with E-state index in [0.717, 1.165) is 23.5 Å². The standard InChI is InChI=1S/C19H16F2N2O2/c20-15-9-8-14(11-16(15)21)23-18(24)12-22-19(17-7-4-10-25-17)13-5-2-1-3-6-13/h1-11,19,22H,12H2,(H,23,24)/p+1/t19-/m0/s1. The van der Waals surface area contributed by atoms with E-state index < -0.39 is 11.6 Å². The Hall–Kier alpha value is -2.99. The van der Waals surface area contributed by atoms with Crippen molar-refractivity contribution in [3.05, 3.63) is 89.9 Å². The lowest BCUT2D eigenvalue weighted by molar-refractivity contribution is -0.678. The smallest absolute Gasteiger partial charge is 0.279 e. The average molecular weight is 343 g/mol. The molecule has 4 nitrogen and oxygen atoms in total. The van der Waals surface area contributed by atoms with Crippen LogP contribution in [0.4, 0.5) is 14.5 Å². The lowest BCUT2D eigenvalue weighted by Gasteiger charge is -2.14. The van der Waals surface area contributed by atoms with Gasteiger partial charge in [-0.25, -0.2) is 8.78 Å². The molecule has 3 N–H and O–H groups in total. The molecular weight excluding hydrogens is 326 g/mol. The molecule has 128 valence electrons. The van der Waals surface area contributed by atoms with Crippen LogP contribution in [0.3, 0.4) is 0 Å². The predicted octanol–water partition coefficient (Wildman–Crippen LogP) is 2.85. The number of amides is 1. The molecule has 1 amide bonds. The Balaban J connectivity index is 1.66. The third kappa shape index (κ3) is 4.30. The summed E-state index contributed by atoms with van der Waals surface area (Å²) >= 11 is 0. The maximum absolute atomic E-state index is 13.2. The zero-order chi connectivity index (χ0) is 17.6. The van der Waals surface area contributed by atoms with E-state index in [-0.39, 0.29) is 24.2 Å². The molecule has 0 aliphatic rings. The second-order valence-corrected chi connectivity index (χ2v) is 5.52. The van der Waals surface area contributed by atoms with Gasteiger partial charge in [0.05, 0.1) is 6.26 Å². The highest BCUT2D eigenvalue weighted by molar-refractivity contribution is 5.91. The van der Waals surface area contributed by atoms with E-state index >= 15 is 0 Å². The van der Waals surface area contributed by atoms with Gasteiger partial charge in [0.15, 0.2) is 30.0 Å². The summed E-state index contributed by atoms with van der Waals surface area (Å²) in [4.78, 5) is 12.1. The number of carbonyl (C=O) groups is 1. The normalized spacial score (nSPS) is 11.9. The summed E-state index contributed by atoms with van der Waals surface area (Å²) in [7, 11) is 0. The van der Waals surface area contributed by atoms with Gasteiger partial charge >= 0.3 is 0 Å². The van der Waals surface area contributed by atoms with Crippen molar-refractivity contribution in [1.82, 2.24) is 0 Å². The van der Waals surface area contributed by atoms with Gasteiger partial charge in [0.1, 0.15) is 0 Å². The van der Waals surface area contributed by atoms with E-state index in [1.807, 2.05) is 41.7 Å². The number of quaternary nitrogens is 1. The number of halogens is 2. The molecule has 0 unspecified atom stereocenters. The number of nitrogens with one attached hydrogen (secondary N) is 1. The first-order valence-corrected chi connectivity index (χ1v) is 7.80. The number of hydrogen-bond donors (Lipinski definition) is 2. The van der Waals surface area contributed by atoms with Crippen molar-refractivity contribution >= 4 is 11.6 Å². The molecule has 0 bridgehead atoms. The van der Waals surface area contributed by atoms with Crippen molar-refractivity contribution < 1.29 is 23.3 Å². The summed E-state index contributed by atoms with van der Waals surface area (Å²) in [6, 6.07) is 16.4. The van der Waals surface area contributed by atoms with Gasteiger partial charge in [0.2, 0.25) is 0 Å². The summed E-state index contributed by atoms with van der Waals surface area (Å²) in [5, 5.41) is 4.38. The summed E-state index contributed by atoms with van der Waals surface area (Å²) in [5.74, 6) is -1.55. The Labute approximate surface area is 143 Å². The zero-order valence-electron chi connectivity index (χ0n) is 13.3. The fourth-order valence-electron chi connectivity index (χ4n) is 2.56. The largest absolute Gasteiger partial charge is 0.463 e. The lowest BCUT2D eigenvalue weighted by Crippen LogP contribution is -2.87. The van der Waals surface area contributed by atoms with Gasteiger partial charge < -0.3 is 15.1 Å². The van der Waals surface area contributed by atoms with Crippen molar-refractivity contribution in [1.29, 1.82) is 0 Å². The van der Waals surface area contributed by atoms with Crippen LogP contribution in [0.25, 0.3) is 0 Å². The number of nitrogens with two attached hydrogens (primary N) is 1. The summed E-state index contributed by atoms with van der Waals surface area (Å²) < 4.78 is 31.6. The monoisotopic (exact) mass is 343 g/mol. The summed E-state index contributed by atoms with van der Waals surface area (Å²) in [6.45, 7) is 0.0965. The Bertz CT molecular complexity index is 836. The highest BCUT2D eigenvalue weighted by Gasteiger charge is 2.21. The number of benzene rings is 2. The van der Waals surface area contributed by atoms with Crippen molar-refractivity contribution in [2.24, 2.45) is 0 Å². The molecule has 0 aliphatic carbocycles. The molecule has 1 heterocycles. The number of anilines is 1. The topological polar surface area (TPSA) is 58.9 Å². The van der Waals surface area contributed by atoms with Crippen molar-refractivity contribution in [2.45, 2.75) is 6.04 Å². The van der Waals surface area contributed by atoms with E-state index in [2.05, 4.69) is 5.32 Å². The van der Waals surface area contributed by atoms with Gasteiger partial charge in [-0.05, 0) is 24.3 Å². The van der Waals surface area contributed by atoms with Gasteiger partial charge in [-0.2, -0.15) is 0 Å². The van der Waals surface area contributed by atoms with E-state index in [4.69, 9.17) is 4.42 Å². The number of hydrogen-bond acceptors (Lipinski definition) is 2. The second kappa shape index (κ2) is 7.72. The SMILES string of the molecule is O=C(C[NH2+][C@@H](c1ccccc1)c1ccco1)Nc1ccc(F)c(F)c1. The van der Waals surface area contributed by atoms with Crippen LogP contribution in [0.2, 0.25) is 0 Å². The van der Waals surface area contributed by atoms with Gasteiger partial charge in [0.25, 0.3) is 5.91 Å². The summed E-state index contributed by atoms with van der Waals surface area (Å²) in [6.07, 6.45) is 1.58. The maximum atomic E-state index is 13.2. The minimum atomic E-state index is -1.00. The molecule has 0 spiro atoms. The fraction of sp³-hybridized carbons (Fsp3) is 0.105. The summed E-state index contributed by atoms with van der Waals surface area (Å²) in [5.41, 5.74) is 1.21. The van der Waals surface area contributed by atoms with Crippen LogP contribution in [-0.4, -0.2) is 12.5 Å². The first kappa shape index (κ1) is 16.9. The van der Waals surface area contributed by atoms with Crippen LogP contribution in [0, 0.1) is 11.6 Å². The fourth-order valence-corrected chi connectivity index (χ4v) is 2.56. The van der Waals surface area contributed by atoms with Gasteiger partial charge in [-0.3, -0.25) is 4.79 Å². The molecule has 1 atom stereocenters. The van der Waals surface area contributed by atoms with Crippen LogP contribution in [-0.2, 0) is 4.79 Å². The Kier molecular flexibility index (Phi) is 5.20. The molecule has 0 aliphatic heterocycles. The molecule has 25 heavy (non-hydrogen) atoms. The minimum absolute atomic E-state index is 0.0965. The first-order chi connectivity index (χ1) is 12.1. The van der Waals surface area contributed by atoms with E-state index in [1.165, 1.54) is 6.07 Å². The minimum Gasteiger partial charge on any atom is -0.463 e. The molecule has 0 fully saturated rings. The number of rotatable bonds is 6. The lowest BCUT2D eigenvalue weighted by atomic mass is 10.0. The molecule has 2 aromatic carbocycles. The van der Waals surface area contributed by atoms with E-state index in [1.54, 1.807) is 12.3 Å². The molecule has 0 radical (unpaired) electrons. The predicted molar refractivity (Wildman–Crippen MR) is 88.8 cm³/mol. The third-order valence-corrected chi connectivity index (χ3v) is 3.75.